The zero-order valence-electron chi connectivity index (χ0n) is 8.93. The molecule has 11 heteroatoms. The maximum absolute atomic E-state index is 12.2. The fourth-order valence-corrected chi connectivity index (χ4v) is 1.38. The highest BCUT2D eigenvalue weighted by molar-refractivity contribution is 7.85. The average Bonchev–Trinajstić information content (AvgIpc) is 2.10. The Morgan fingerprint density at radius 3 is 2.17 bits per heavy atom. The van der Waals surface area contributed by atoms with E-state index in [0.29, 0.717) is 0 Å². The van der Waals surface area contributed by atoms with E-state index in [0.717, 1.165) is 6.92 Å². The molecule has 7 nitrogen and oxygen atoms in total. The summed E-state index contributed by atoms with van der Waals surface area (Å²) in [5.74, 6) is -4.34. The van der Waals surface area contributed by atoms with E-state index in [-0.39, 0.29) is 0 Å². The van der Waals surface area contributed by atoms with Gasteiger partial charge in [0.2, 0.25) is 6.10 Å². The predicted molar refractivity (Wildman–Crippen MR) is 49.0 cm³/mol. The Hall–Kier alpha value is -1.36. The summed E-state index contributed by atoms with van der Waals surface area (Å²) in [4.78, 5) is 21.1. The molecule has 106 valence electrons. The van der Waals surface area contributed by atoms with Gasteiger partial charge in [0, 0.05) is 6.92 Å². The van der Waals surface area contributed by atoms with Crippen LogP contribution in [0, 0.1) is 0 Å². The highest BCUT2D eigenvalue weighted by Gasteiger charge is 2.45. The summed E-state index contributed by atoms with van der Waals surface area (Å²) >= 11 is 0. The van der Waals surface area contributed by atoms with E-state index < -0.39 is 46.7 Å². The largest absolute Gasteiger partial charge is 0.454 e. The molecule has 0 aliphatic carbocycles. The van der Waals surface area contributed by atoms with Gasteiger partial charge in [0.15, 0.2) is 6.61 Å². The standard InChI is InChI=1S/C7H9F3O7S/c1-4(11)16-2-6(12)17-5(7(8,9)10)3-18(13,14)15/h5H,2-3H2,1H3,(H,13,14,15). The normalized spacial score (nSPS) is 13.8. The van der Waals surface area contributed by atoms with Gasteiger partial charge in [-0.05, 0) is 0 Å². The lowest BCUT2D eigenvalue weighted by Crippen LogP contribution is -2.40. The molecule has 0 aliphatic heterocycles. The van der Waals surface area contributed by atoms with Crippen LogP contribution in [-0.4, -0.2) is 49.5 Å². The molecule has 0 spiro atoms. The van der Waals surface area contributed by atoms with Gasteiger partial charge in [0.1, 0.15) is 5.75 Å². The third kappa shape index (κ3) is 7.84. The molecule has 1 unspecified atom stereocenters. The van der Waals surface area contributed by atoms with E-state index in [9.17, 15) is 31.2 Å². The van der Waals surface area contributed by atoms with Crippen LogP contribution in [-0.2, 0) is 29.2 Å². The molecule has 1 atom stereocenters. The lowest BCUT2D eigenvalue weighted by Gasteiger charge is -2.19. The SMILES string of the molecule is CC(=O)OCC(=O)OC(CS(=O)(=O)O)C(F)(F)F. The second-order valence-corrected chi connectivity index (χ2v) is 4.55. The van der Waals surface area contributed by atoms with Gasteiger partial charge in [-0.15, -0.1) is 0 Å². The van der Waals surface area contributed by atoms with Crippen molar-refractivity contribution in [2.24, 2.45) is 0 Å². The van der Waals surface area contributed by atoms with E-state index in [1.807, 2.05) is 0 Å². The Balaban J connectivity index is 4.61. The van der Waals surface area contributed by atoms with Crippen LogP contribution in [0.2, 0.25) is 0 Å². The lowest BCUT2D eigenvalue weighted by molar-refractivity contribution is -0.217. The molecule has 0 radical (unpaired) electrons. The maximum Gasteiger partial charge on any atom is 0.426 e. The van der Waals surface area contributed by atoms with Crippen molar-refractivity contribution >= 4 is 22.1 Å². The molecular weight excluding hydrogens is 285 g/mol. The third-order valence-corrected chi connectivity index (χ3v) is 2.12. The molecule has 0 heterocycles. The van der Waals surface area contributed by atoms with Crippen LogP contribution >= 0.6 is 0 Å². The van der Waals surface area contributed by atoms with Crippen molar-refractivity contribution in [3.63, 3.8) is 0 Å². The van der Waals surface area contributed by atoms with Gasteiger partial charge in [0.05, 0.1) is 0 Å². The second kappa shape index (κ2) is 6.00. The van der Waals surface area contributed by atoms with Crippen LogP contribution < -0.4 is 0 Å². The summed E-state index contributed by atoms with van der Waals surface area (Å²) in [5.41, 5.74) is 0. The summed E-state index contributed by atoms with van der Waals surface area (Å²) in [5, 5.41) is 0. The van der Waals surface area contributed by atoms with Gasteiger partial charge in [0.25, 0.3) is 10.1 Å². The van der Waals surface area contributed by atoms with Crippen molar-refractivity contribution in [2.75, 3.05) is 12.4 Å². The third-order valence-electron chi connectivity index (χ3n) is 1.39. The minimum absolute atomic E-state index is 0.909. The topological polar surface area (TPSA) is 107 Å². The number of halogens is 3. The highest BCUT2D eigenvalue weighted by Crippen LogP contribution is 2.24. The lowest BCUT2D eigenvalue weighted by atomic mass is 10.4. The van der Waals surface area contributed by atoms with Gasteiger partial charge in [-0.1, -0.05) is 0 Å². The number of esters is 2. The minimum Gasteiger partial charge on any atom is -0.454 e. The van der Waals surface area contributed by atoms with Crippen LogP contribution in [0.3, 0.4) is 0 Å². The van der Waals surface area contributed by atoms with Crippen LogP contribution in [0.4, 0.5) is 13.2 Å². The number of hydrogen-bond donors (Lipinski definition) is 1. The number of carbonyl (C=O) groups excluding carboxylic acids is 2. The van der Waals surface area contributed by atoms with Crippen LogP contribution in [0.15, 0.2) is 0 Å². The summed E-state index contributed by atoms with van der Waals surface area (Å²) in [6.45, 7) is -0.180. The zero-order valence-corrected chi connectivity index (χ0v) is 9.75. The van der Waals surface area contributed by atoms with Crippen molar-refractivity contribution < 1.29 is 45.2 Å². The van der Waals surface area contributed by atoms with E-state index in [2.05, 4.69) is 9.47 Å². The fourth-order valence-electron chi connectivity index (χ4n) is 0.740. The molecule has 0 rings (SSSR count). The van der Waals surface area contributed by atoms with E-state index in [1.165, 1.54) is 0 Å². The van der Waals surface area contributed by atoms with Gasteiger partial charge in [-0.2, -0.15) is 21.6 Å². The second-order valence-electron chi connectivity index (χ2n) is 3.05. The van der Waals surface area contributed by atoms with E-state index in [1.54, 1.807) is 0 Å². The molecule has 1 N–H and O–H groups in total. The molecule has 0 aliphatic rings. The van der Waals surface area contributed by atoms with Crippen molar-refractivity contribution in [3.8, 4) is 0 Å². The smallest absolute Gasteiger partial charge is 0.426 e. The van der Waals surface area contributed by atoms with E-state index in [4.69, 9.17) is 4.55 Å². The monoisotopic (exact) mass is 294 g/mol. The van der Waals surface area contributed by atoms with E-state index >= 15 is 0 Å². The zero-order chi connectivity index (χ0) is 14.6. The average molecular weight is 294 g/mol. The quantitative estimate of drug-likeness (QED) is 0.557. The molecule has 0 saturated heterocycles. The summed E-state index contributed by atoms with van der Waals surface area (Å²) < 4.78 is 73.5. The Morgan fingerprint density at radius 1 is 1.33 bits per heavy atom. The molecule has 0 amide bonds. The van der Waals surface area contributed by atoms with Crippen molar-refractivity contribution in [1.29, 1.82) is 0 Å². The van der Waals surface area contributed by atoms with Crippen molar-refractivity contribution in [1.82, 2.24) is 0 Å². The first-order valence-electron chi connectivity index (χ1n) is 4.26. The number of ether oxygens (including phenoxy) is 2. The summed E-state index contributed by atoms with van der Waals surface area (Å²) in [6.07, 6.45) is -8.21. The van der Waals surface area contributed by atoms with Gasteiger partial charge in [-0.25, -0.2) is 4.79 Å². The van der Waals surface area contributed by atoms with Crippen molar-refractivity contribution in [3.05, 3.63) is 0 Å². The summed E-state index contributed by atoms with van der Waals surface area (Å²) in [7, 11) is -4.99. The maximum atomic E-state index is 12.2. The molecule has 0 aromatic rings. The van der Waals surface area contributed by atoms with Crippen LogP contribution in [0.25, 0.3) is 0 Å². The molecule has 0 bridgehead atoms. The van der Waals surface area contributed by atoms with Gasteiger partial charge < -0.3 is 9.47 Å². The summed E-state index contributed by atoms with van der Waals surface area (Å²) in [6, 6.07) is 0. The Kier molecular flexibility index (Phi) is 5.55. The number of hydrogen-bond acceptors (Lipinski definition) is 6. The Bertz CT molecular complexity index is 413. The molecule has 0 aromatic carbocycles. The van der Waals surface area contributed by atoms with Crippen LogP contribution in [0.1, 0.15) is 6.92 Å². The first-order valence-corrected chi connectivity index (χ1v) is 5.87. The van der Waals surface area contributed by atoms with Crippen molar-refractivity contribution in [2.45, 2.75) is 19.2 Å². The molecular formula is C7H9F3O7S. The fraction of sp³-hybridized carbons (Fsp3) is 0.714. The number of alkyl halides is 3. The van der Waals surface area contributed by atoms with Gasteiger partial charge >= 0.3 is 18.1 Å². The van der Waals surface area contributed by atoms with Crippen LogP contribution in [0.5, 0.6) is 0 Å². The first kappa shape index (κ1) is 16.6. The number of carbonyl (C=O) groups is 2. The number of rotatable bonds is 5. The molecule has 0 aromatic heterocycles. The highest BCUT2D eigenvalue weighted by atomic mass is 32.2. The Morgan fingerprint density at radius 2 is 1.83 bits per heavy atom. The first-order chi connectivity index (χ1) is 7.92. The molecule has 0 saturated carbocycles. The minimum atomic E-state index is -5.18. The predicted octanol–water partition coefficient (Wildman–Crippen LogP) is -0.0886. The molecule has 18 heavy (non-hydrogen) atoms. The van der Waals surface area contributed by atoms with Gasteiger partial charge in [-0.3, -0.25) is 9.35 Å². The Labute approximate surface area is 99.6 Å². The molecule has 0 fully saturated rings.